The van der Waals surface area contributed by atoms with Gasteiger partial charge < -0.3 is 9.64 Å². The molecule has 2 aromatic rings. The van der Waals surface area contributed by atoms with E-state index in [0.29, 0.717) is 13.2 Å². The minimum atomic E-state index is -0.362. The maximum Gasteiger partial charge on any atom is 0.243 e. The van der Waals surface area contributed by atoms with Gasteiger partial charge in [0.2, 0.25) is 5.91 Å². The number of rotatable bonds is 5. The van der Waals surface area contributed by atoms with Gasteiger partial charge >= 0.3 is 0 Å². The van der Waals surface area contributed by atoms with Gasteiger partial charge in [0.1, 0.15) is 5.54 Å². The van der Waals surface area contributed by atoms with E-state index in [0.717, 1.165) is 67.9 Å². The van der Waals surface area contributed by atoms with E-state index in [1.807, 2.05) is 35.5 Å². The first-order valence-corrected chi connectivity index (χ1v) is 9.89. The number of hydrogen-bond donors (Lipinski definition) is 0. The smallest absolute Gasteiger partial charge is 0.243 e. The second-order valence-electron chi connectivity index (χ2n) is 7.89. The summed E-state index contributed by atoms with van der Waals surface area (Å²) in [5, 5.41) is 4.53. The van der Waals surface area contributed by atoms with E-state index in [4.69, 9.17) is 9.72 Å². The zero-order valence-electron chi connectivity index (χ0n) is 16.6. The Morgan fingerprint density at radius 1 is 1.22 bits per heavy atom. The lowest BCUT2D eigenvalue weighted by atomic mass is 9.85. The Bertz CT molecular complexity index is 848. The minimum absolute atomic E-state index is 0.278. The number of fused-ring (bicyclic) bond motifs is 1. The first-order chi connectivity index (χ1) is 13.0. The molecule has 146 valence electrons. The molecule has 0 aliphatic carbocycles. The SMILES string of the molecule is COCCN1CCCC2(CCCN2Cc2cnn3c(C)cc(C)nc23)C1=O. The number of likely N-dealkylation sites (tertiary alicyclic amines) is 2. The van der Waals surface area contributed by atoms with Crippen LogP contribution in [0.4, 0.5) is 0 Å². The van der Waals surface area contributed by atoms with Gasteiger partial charge in [0, 0.05) is 43.7 Å². The number of hydrogen-bond acceptors (Lipinski definition) is 5. The first kappa shape index (κ1) is 18.4. The molecule has 0 bridgehead atoms. The van der Waals surface area contributed by atoms with Crippen molar-refractivity contribution in [3.63, 3.8) is 0 Å². The Labute approximate surface area is 160 Å². The average molecular weight is 371 g/mol. The van der Waals surface area contributed by atoms with E-state index in [2.05, 4.69) is 10.00 Å². The van der Waals surface area contributed by atoms with Crippen LogP contribution in [-0.2, 0) is 16.1 Å². The summed E-state index contributed by atoms with van der Waals surface area (Å²) in [5.41, 5.74) is 3.73. The predicted molar refractivity (Wildman–Crippen MR) is 103 cm³/mol. The number of amides is 1. The van der Waals surface area contributed by atoms with E-state index in [1.165, 1.54) is 0 Å². The molecule has 7 nitrogen and oxygen atoms in total. The van der Waals surface area contributed by atoms with Crippen molar-refractivity contribution in [2.24, 2.45) is 0 Å². The summed E-state index contributed by atoms with van der Waals surface area (Å²) < 4.78 is 7.10. The fraction of sp³-hybridized carbons (Fsp3) is 0.650. The molecule has 0 N–H and O–H groups in total. The molecule has 27 heavy (non-hydrogen) atoms. The highest BCUT2D eigenvalue weighted by atomic mass is 16.5. The number of carbonyl (C=O) groups excluding carboxylic acids is 1. The summed E-state index contributed by atoms with van der Waals surface area (Å²) in [5.74, 6) is 0.278. The predicted octanol–water partition coefficient (Wildman–Crippen LogP) is 1.95. The largest absolute Gasteiger partial charge is 0.383 e. The lowest BCUT2D eigenvalue weighted by Gasteiger charge is -2.44. The van der Waals surface area contributed by atoms with Crippen molar-refractivity contribution in [1.82, 2.24) is 24.4 Å². The quantitative estimate of drug-likeness (QED) is 0.804. The second-order valence-corrected chi connectivity index (χ2v) is 7.89. The molecule has 2 fully saturated rings. The number of aromatic nitrogens is 3. The van der Waals surface area contributed by atoms with Crippen molar-refractivity contribution in [3.05, 3.63) is 29.2 Å². The molecule has 1 unspecified atom stereocenters. The Morgan fingerprint density at radius 2 is 2.00 bits per heavy atom. The summed E-state index contributed by atoms with van der Waals surface area (Å²) in [6, 6.07) is 2.04. The normalized spacial score (nSPS) is 23.8. The lowest BCUT2D eigenvalue weighted by Crippen LogP contribution is -2.60. The van der Waals surface area contributed by atoms with Crippen LogP contribution in [0.2, 0.25) is 0 Å². The molecule has 7 heteroatoms. The molecule has 2 aliphatic heterocycles. The number of nitrogens with zero attached hydrogens (tertiary/aromatic N) is 5. The molecule has 2 aliphatic rings. The molecular weight excluding hydrogens is 342 g/mol. The molecular formula is C20H29N5O2. The zero-order valence-corrected chi connectivity index (χ0v) is 16.6. The van der Waals surface area contributed by atoms with Gasteiger partial charge in [0.25, 0.3) is 0 Å². The molecule has 2 aromatic heterocycles. The number of ether oxygens (including phenoxy) is 1. The van der Waals surface area contributed by atoms with E-state index in [1.54, 1.807) is 7.11 Å². The van der Waals surface area contributed by atoms with Crippen molar-refractivity contribution in [2.75, 3.05) is 33.4 Å². The maximum absolute atomic E-state index is 13.4. The van der Waals surface area contributed by atoms with Gasteiger partial charge in [-0.05, 0) is 52.1 Å². The number of piperidine rings is 1. The summed E-state index contributed by atoms with van der Waals surface area (Å²) in [4.78, 5) is 22.4. The van der Waals surface area contributed by atoms with Gasteiger partial charge in [-0.3, -0.25) is 9.69 Å². The fourth-order valence-corrected chi connectivity index (χ4v) is 4.80. The fourth-order valence-electron chi connectivity index (χ4n) is 4.80. The van der Waals surface area contributed by atoms with E-state index >= 15 is 0 Å². The molecule has 2 saturated heterocycles. The van der Waals surface area contributed by atoms with Gasteiger partial charge in [-0.1, -0.05) is 0 Å². The van der Waals surface area contributed by atoms with Gasteiger partial charge in [-0.25, -0.2) is 9.50 Å². The molecule has 4 rings (SSSR count). The van der Waals surface area contributed by atoms with Gasteiger partial charge in [0.15, 0.2) is 5.65 Å². The monoisotopic (exact) mass is 371 g/mol. The van der Waals surface area contributed by atoms with E-state index in [-0.39, 0.29) is 11.4 Å². The third kappa shape index (κ3) is 3.12. The molecule has 1 atom stereocenters. The van der Waals surface area contributed by atoms with Crippen molar-refractivity contribution >= 4 is 11.6 Å². The minimum Gasteiger partial charge on any atom is -0.383 e. The summed E-state index contributed by atoms with van der Waals surface area (Å²) in [6.07, 6.45) is 5.92. The van der Waals surface area contributed by atoms with Crippen LogP contribution in [0.3, 0.4) is 0 Å². The van der Waals surface area contributed by atoms with Crippen molar-refractivity contribution in [2.45, 2.75) is 51.6 Å². The molecule has 0 saturated carbocycles. The topological polar surface area (TPSA) is 63.0 Å². The average Bonchev–Trinajstić information content (AvgIpc) is 3.22. The Hall–Kier alpha value is -1.99. The van der Waals surface area contributed by atoms with Crippen molar-refractivity contribution in [3.8, 4) is 0 Å². The van der Waals surface area contributed by atoms with Crippen molar-refractivity contribution in [1.29, 1.82) is 0 Å². The van der Waals surface area contributed by atoms with Crippen LogP contribution in [-0.4, -0.2) is 69.2 Å². The van der Waals surface area contributed by atoms with Crippen LogP contribution < -0.4 is 0 Å². The highest BCUT2D eigenvalue weighted by molar-refractivity contribution is 5.87. The first-order valence-electron chi connectivity index (χ1n) is 9.89. The third-order valence-electron chi connectivity index (χ3n) is 6.10. The molecule has 1 amide bonds. The molecule has 0 aromatic carbocycles. The van der Waals surface area contributed by atoms with Gasteiger partial charge in [-0.2, -0.15) is 5.10 Å². The second kappa shape index (κ2) is 7.20. The van der Waals surface area contributed by atoms with E-state index in [9.17, 15) is 4.79 Å². The highest BCUT2D eigenvalue weighted by Gasteiger charge is 2.50. The number of carbonyl (C=O) groups is 1. The Morgan fingerprint density at radius 3 is 2.78 bits per heavy atom. The summed E-state index contributed by atoms with van der Waals surface area (Å²) >= 11 is 0. The van der Waals surface area contributed by atoms with Crippen LogP contribution in [0.25, 0.3) is 5.65 Å². The Balaban J connectivity index is 1.61. The van der Waals surface area contributed by atoms with Gasteiger partial charge in [0.05, 0.1) is 12.8 Å². The number of aryl methyl sites for hydroxylation is 2. The van der Waals surface area contributed by atoms with Crippen LogP contribution in [0.15, 0.2) is 12.3 Å². The Kier molecular flexibility index (Phi) is 4.90. The maximum atomic E-state index is 13.4. The van der Waals surface area contributed by atoms with Crippen LogP contribution in [0.1, 0.15) is 42.6 Å². The lowest BCUT2D eigenvalue weighted by molar-refractivity contribution is -0.148. The summed E-state index contributed by atoms with van der Waals surface area (Å²) in [7, 11) is 1.69. The number of methoxy groups -OCH3 is 1. The third-order valence-corrected chi connectivity index (χ3v) is 6.10. The van der Waals surface area contributed by atoms with Crippen LogP contribution in [0, 0.1) is 13.8 Å². The standard InChI is InChI=1S/C20H29N5O2/c1-15-12-16(2)25-18(22-15)17(13-21-25)14-24-9-5-7-20(24)6-4-8-23(19(20)26)10-11-27-3/h12-13H,4-11,14H2,1-3H3. The van der Waals surface area contributed by atoms with Crippen LogP contribution in [0.5, 0.6) is 0 Å². The molecule has 4 heterocycles. The highest BCUT2D eigenvalue weighted by Crippen LogP contribution is 2.39. The van der Waals surface area contributed by atoms with E-state index < -0.39 is 0 Å². The zero-order chi connectivity index (χ0) is 19.0. The summed E-state index contributed by atoms with van der Waals surface area (Å²) in [6.45, 7) is 7.86. The van der Waals surface area contributed by atoms with Gasteiger partial charge in [-0.15, -0.1) is 0 Å². The molecule has 0 radical (unpaired) electrons. The molecule has 1 spiro atoms. The van der Waals surface area contributed by atoms with Crippen LogP contribution >= 0.6 is 0 Å². The van der Waals surface area contributed by atoms with Crippen molar-refractivity contribution < 1.29 is 9.53 Å².